The second kappa shape index (κ2) is 5.79. The predicted octanol–water partition coefficient (Wildman–Crippen LogP) is 1.57. The summed E-state index contributed by atoms with van der Waals surface area (Å²) in [6.07, 6.45) is 5.18. The summed E-state index contributed by atoms with van der Waals surface area (Å²) in [5, 5.41) is 15.4. The molecule has 2 aromatic rings. The van der Waals surface area contributed by atoms with Crippen LogP contribution in [0, 0.1) is 0 Å². The summed E-state index contributed by atoms with van der Waals surface area (Å²) >= 11 is 0. The van der Waals surface area contributed by atoms with E-state index >= 15 is 0 Å². The fourth-order valence-electron chi connectivity index (χ4n) is 2.13. The minimum Gasteiger partial charge on any atom is -0.493 e. The zero-order chi connectivity index (χ0) is 13.8. The Bertz CT molecular complexity index is 523. The molecule has 19 heavy (non-hydrogen) atoms. The molecule has 0 aliphatic rings. The summed E-state index contributed by atoms with van der Waals surface area (Å²) in [5.41, 5.74) is 2.02. The average Bonchev–Trinajstić information content (AvgIpc) is 2.85. The molecule has 1 N–H and O–H groups in total. The van der Waals surface area contributed by atoms with Gasteiger partial charge in [0.05, 0.1) is 25.5 Å². The molecule has 0 saturated carbocycles. The molecule has 0 aliphatic carbocycles. The lowest BCUT2D eigenvalue weighted by Crippen LogP contribution is -2.23. The van der Waals surface area contributed by atoms with E-state index in [0.29, 0.717) is 0 Å². The lowest BCUT2D eigenvalue weighted by Gasteiger charge is -2.20. The van der Waals surface area contributed by atoms with E-state index in [-0.39, 0.29) is 12.1 Å². The van der Waals surface area contributed by atoms with Crippen molar-refractivity contribution in [2.75, 3.05) is 14.2 Å². The Labute approximate surface area is 112 Å². The molecule has 0 aliphatic heterocycles. The molecular formula is C13H19N5O. The van der Waals surface area contributed by atoms with Gasteiger partial charge in [0.25, 0.3) is 0 Å². The highest BCUT2D eigenvalue weighted by Crippen LogP contribution is 2.31. The fourth-order valence-corrected chi connectivity index (χ4v) is 2.13. The first-order valence-corrected chi connectivity index (χ1v) is 6.24. The molecule has 0 spiro atoms. The van der Waals surface area contributed by atoms with E-state index in [1.807, 2.05) is 17.8 Å². The Morgan fingerprint density at radius 1 is 1.26 bits per heavy atom. The van der Waals surface area contributed by atoms with Gasteiger partial charge in [0.1, 0.15) is 5.69 Å². The summed E-state index contributed by atoms with van der Waals surface area (Å²) in [6.45, 7) is 4.18. The van der Waals surface area contributed by atoms with Crippen molar-refractivity contribution in [3.63, 3.8) is 0 Å². The maximum absolute atomic E-state index is 5.42. The topological polar surface area (TPSA) is 64.9 Å². The molecular weight excluding hydrogens is 242 g/mol. The van der Waals surface area contributed by atoms with Gasteiger partial charge in [-0.3, -0.25) is 4.68 Å². The summed E-state index contributed by atoms with van der Waals surface area (Å²) in [7, 11) is 3.56. The van der Waals surface area contributed by atoms with Gasteiger partial charge in [-0.15, -0.1) is 0 Å². The van der Waals surface area contributed by atoms with Crippen molar-refractivity contribution in [2.24, 2.45) is 0 Å². The number of nitrogens with zero attached hydrogens (tertiary/aromatic N) is 4. The van der Waals surface area contributed by atoms with Gasteiger partial charge in [-0.1, -0.05) is 0 Å². The van der Waals surface area contributed by atoms with Gasteiger partial charge in [0.15, 0.2) is 5.75 Å². The Balaban J connectivity index is 2.51. The maximum atomic E-state index is 5.42. The average molecular weight is 261 g/mol. The van der Waals surface area contributed by atoms with Crippen molar-refractivity contribution in [2.45, 2.75) is 25.9 Å². The number of nitrogens with one attached hydrogen (secondary N) is 1. The van der Waals surface area contributed by atoms with Crippen molar-refractivity contribution < 1.29 is 4.74 Å². The van der Waals surface area contributed by atoms with Gasteiger partial charge in [-0.25, -0.2) is 0 Å². The molecule has 0 fully saturated rings. The van der Waals surface area contributed by atoms with Crippen molar-refractivity contribution in [1.82, 2.24) is 25.3 Å². The molecule has 0 saturated heterocycles. The number of aromatic nitrogens is 4. The molecule has 6 nitrogen and oxygen atoms in total. The Kier molecular flexibility index (Phi) is 4.11. The molecule has 0 aromatic carbocycles. The number of ether oxygens (including phenoxy) is 1. The number of rotatable bonds is 5. The van der Waals surface area contributed by atoms with Crippen LogP contribution in [0.4, 0.5) is 0 Å². The van der Waals surface area contributed by atoms with E-state index in [1.165, 1.54) is 0 Å². The third-order valence-corrected chi connectivity index (χ3v) is 3.01. The second-order valence-electron chi connectivity index (χ2n) is 4.53. The molecule has 2 rings (SSSR count). The van der Waals surface area contributed by atoms with Gasteiger partial charge in [-0.2, -0.15) is 15.3 Å². The van der Waals surface area contributed by atoms with Crippen LogP contribution in [0.15, 0.2) is 24.7 Å². The third kappa shape index (κ3) is 2.58. The van der Waals surface area contributed by atoms with Crippen LogP contribution >= 0.6 is 0 Å². The number of hydrogen-bond donors (Lipinski definition) is 1. The van der Waals surface area contributed by atoms with Crippen LogP contribution in [-0.2, 0) is 0 Å². The molecule has 0 amide bonds. The summed E-state index contributed by atoms with van der Waals surface area (Å²) in [5.74, 6) is 0.768. The number of hydrogen-bond acceptors (Lipinski definition) is 5. The van der Waals surface area contributed by atoms with Crippen LogP contribution in [0.25, 0.3) is 0 Å². The Hall–Kier alpha value is -1.95. The molecule has 1 unspecified atom stereocenters. The first-order valence-electron chi connectivity index (χ1n) is 6.24. The van der Waals surface area contributed by atoms with E-state index in [2.05, 4.69) is 34.5 Å². The van der Waals surface area contributed by atoms with Gasteiger partial charge in [0, 0.05) is 12.2 Å². The van der Waals surface area contributed by atoms with Gasteiger partial charge in [0.2, 0.25) is 0 Å². The second-order valence-corrected chi connectivity index (χ2v) is 4.53. The zero-order valence-electron chi connectivity index (χ0n) is 11.7. The standard InChI is InChI=1S/C13H19N5O/c1-9(2)18-13(11(19-4)8-17-18)12(14-3)10-5-6-15-16-7-10/h5-9,12,14H,1-4H3. The molecule has 0 bridgehead atoms. The van der Waals surface area contributed by atoms with E-state index in [1.54, 1.807) is 25.7 Å². The van der Waals surface area contributed by atoms with E-state index in [0.717, 1.165) is 17.0 Å². The first kappa shape index (κ1) is 13.5. The molecule has 2 aromatic heterocycles. The molecule has 6 heteroatoms. The van der Waals surface area contributed by atoms with Crippen LogP contribution in [0.3, 0.4) is 0 Å². The normalized spacial score (nSPS) is 12.7. The largest absolute Gasteiger partial charge is 0.493 e. The van der Waals surface area contributed by atoms with E-state index in [4.69, 9.17) is 4.74 Å². The third-order valence-electron chi connectivity index (χ3n) is 3.01. The monoisotopic (exact) mass is 261 g/mol. The smallest absolute Gasteiger partial charge is 0.161 e. The minimum atomic E-state index is -0.0321. The fraction of sp³-hybridized carbons (Fsp3) is 0.462. The van der Waals surface area contributed by atoms with Crippen LogP contribution in [0.1, 0.15) is 37.2 Å². The van der Waals surface area contributed by atoms with Crippen LogP contribution in [-0.4, -0.2) is 34.1 Å². The highest BCUT2D eigenvalue weighted by molar-refractivity contribution is 5.35. The van der Waals surface area contributed by atoms with Crippen molar-refractivity contribution in [3.05, 3.63) is 35.9 Å². The lowest BCUT2D eigenvalue weighted by atomic mass is 10.1. The zero-order valence-corrected chi connectivity index (χ0v) is 11.7. The molecule has 102 valence electrons. The quantitative estimate of drug-likeness (QED) is 0.885. The summed E-state index contributed by atoms with van der Waals surface area (Å²) in [6, 6.07) is 2.16. The van der Waals surface area contributed by atoms with Gasteiger partial charge in [-0.05, 0) is 32.5 Å². The molecule has 0 radical (unpaired) electrons. The van der Waals surface area contributed by atoms with Crippen molar-refractivity contribution in [3.8, 4) is 5.75 Å². The van der Waals surface area contributed by atoms with Crippen LogP contribution in [0.2, 0.25) is 0 Å². The SMILES string of the molecule is CNC(c1ccnnc1)c1c(OC)cnn1C(C)C. The van der Waals surface area contributed by atoms with E-state index in [9.17, 15) is 0 Å². The number of methoxy groups -OCH3 is 1. The summed E-state index contributed by atoms with van der Waals surface area (Å²) < 4.78 is 7.38. The Morgan fingerprint density at radius 2 is 2.05 bits per heavy atom. The minimum absolute atomic E-state index is 0.0321. The van der Waals surface area contributed by atoms with Crippen molar-refractivity contribution in [1.29, 1.82) is 0 Å². The van der Waals surface area contributed by atoms with Gasteiger partial charge >= 0.3 is 0 Å². The maximum Gasteiger partial charge on any atom is 0.161 e. The first-order chi connectivity index (χ1) is 9.19. The Morgan fingerprint density at radius 3 is 2.58 bits per heavy atom. The lowest BCUT2D eigenvalue weighted by molar-refractivity contribution is 0.396. The van der Waals surface area contributed by atoms with Crippen LogP contribution < -0.4 is 10.1 Å². The van der Waals surface area contributed by atoms with Gasteiger partial charge < -0.3 is 10.1 Å². The molecule has 1 atom stereocenters. The predicted molar refractivity (Wildman–Crippen MR) is 72.1 cm³/mol. The molecule has 2 heterocycles. The summed E-state index contributed by atoms with van der Waals surface area (Å²) in [4.78, 5) is 0. The van der Waals surface area contributed by atoms with E-state index < -0.39 is 0 Å². The highest BCUT2D eigenvalue weighted by Gasteiger charge is 2.23. The highest BCUT2D eigenvalue weighted by atomic mass is 16.5. The van der Waals surface area contributed by atoms with Crippen LogP contribution in [0.5, 0.6) is 5.75 Å². The van der Waals surface area contributed by atoms with Crippen molar-refractivity contribution >= 4 is 0 Å².